The monoisotopic (exact) mass is 440 g/mol. The van der Waals surface area contributed by atoms with Gasteiger partial charge in [-0.25, -0.2) is 0 Å². The summed E-state index contributed by atoms with van der Waals surface area (Å²) < 4.78 is 12.5. The van der Waals surface area contributed by atoms with Crippen molar-refractivity contribution in [1.29, 1.82) is 0 Å². The van der Waals surface area contributed by atoms with E-state index < -0.39 is 0 Å². The van der Waals surface area contributed by atoms with Gasteiger partial charge in [-0.05, 0) is 61.9 Å². The maximum absolute atomic E-state index is 12.7. The van der Waals surface area contributed by atoms with Crippen molar-refractivity contribution in [1.82, 2.24) is 4.98 Å². The molecule has 6 heteroatoms. The maximum Gasteiger partial charge on any atom is 0.255 e. The van der Waals surface area contributed by atoms with Crippen LogP contribution in [0.4, 0.5) is 5.69 Å². The summed E-state index contributed by atoms with van der Waals surface area (Å²) in [5.74, 6) is 0.916. The van der Waals surface area contributed by atoms with E-state index in [0.717, 1.165) is 21.3 Å². The lowest BCUT2D eigenvalue weighted by atomic mass is 10.1. The van der Waals surface area contributed by atoms with E-state index in [4.69, 9.17) is 9.47 Å². The Kier molecular flexibility index (Phi) is 6.66. The van der Waals surface area contributed by atoms with Crippen LogP contribution in [0.5, 0.6) is 11.5 Å². The highest BCUT2D eigenvalue weighted by Crippen LogP contribution is 2.30. The normalized spacial score (nSPS) is 10.4. The lowest BCUT2D eigenvalue weighted by molar-refractivity contribution is 0.102. The Morgan fingerprint density at radius 1 is 1.11 bits per heavy atom. The number of aryl methyl sites for hydroxylation is 1. The summed E-state index contributed by atoms with van der Waals surface area (Å²) in [7, 11) is 0. The summed E-state index contributed by atoms with van der Waals surface area (Å²) in [6, 6.07) is 14.7. The van der Waals surface area contributed by atoms with Gasteiger partial charge in [0.25, 0.3) is 5.91 Å². The number of carbonyl (C=O) groups excluding carboxylic acids is 1. The molecule has 144 valence electrons. The van der Waals surface area contributed by atoms with Gasteiger partial charge in [0, 0.05) is 33.7 Å². The summed E-state index contributed by atoms with van der Waals surface area (Å²) >= 11 is 3.43. The van der Waals surface area contributed by atoms with Gasteiger partial charge in [0.05, 0.1) is 6.61 Å². The summed E-state index contributed by atoms with van der Waals surface area (Å²) in [5, 5.41) is 2.94. The van der Waals surface area contributed by atoms with Crippen molar-refractivity contribution >= 4 is 27.5 Å². The molecular formula is C22H21BrN2O3. The van der Waals surface area contributed by atoms with Crippen molar-refractivity contribution in [3.05, 3.63) is 82.1 Å². The number of amides is 1. The third-order valence-electron chi connectivity index (χ3n) is 4.06. The van der Waals surface area contributed by atoms with Crippen molar-refractivity contribution in [2.75, 3.05) is 11.9 Å². The molecule has 0 aliphatic rings. The van der Waals surface area contributed by atoms with Crippen LogP contribution in [0.15, 0.2) is 65.4 Å². The smallest absolute Gasteiger partial charge is 0.255 e. The number of aromatic nitrogens is 1. The number of benzene rings is 2. The van der Waals surface area contributed by atoms with Crippen LogP contribution in [0.2, 0.25) is 0 Å². The van der Waals surface area contributed by atoms with Crippen LogP contribution in [0, 0.1) is 6.92 Å². The molecule has 1 aromatic heterocycles. The van der Waals surface area contributed by atoms with E-state index in [1.165, 1.54) is 0 Å². The number of hydrogen-bond donors (Lipinski definition) is 1. The quantitative estimate of drug-likeness (QED) is 0.535. The first kappa shape index (κ1) is 19.9. The number of pyridine rings is 1. The van der Waals surface area contributed by atoms with E-state index in [9.17, 15) is 4.79 Å². The number of halogens is 1. The van der Waals surface area contributed by atoms with Crippen molar-refractivity contribution in [2.45, 2.75) is 20.5 Å². The minimum Gasteiger partial charge on any atom is -0.490 e. The van der Waals surface area contributed by atoms with Gasteiger partial charge in [-0.2, -0.15) is 0 Å². The molecule has 0 aliphatic carbocycles. The standard InChI is InChI=1S/C22H21BrN2O3/c1-3-27-21-12-17(22(26)25-19-8-7-18(23)11-15(19)2)6-9-20(21)28-14-16-5-4-10-24-13-16/h4-13H,3,14H2,1-2H3,(H,25,26). The molecule has 0 saturated carbocycles. The number of anilines is 1. The van der Waals surface area contributed by atoms with Gasteiger partial charge in [0.2, 0.25) is 0 Å². The van der Waals surface area contributed by atoms with E-state index >= 15 is 0 Å². The zero-order valence-corrected chi connectivity index (χ0v) is 17.3. The molecule has 1 N–H and O–H groups in total. The van der Waals surface area contributed by atoms with Crippen LogP contribution in [-0.2, 0) is 6.61 Å². The molecule has 0 radical (unpaired) electrons. The SMILES string of the molecule is CCOc1cc(C(=O)Nc2ccc(Br)cc2C)ccc1OCc1cccnc1. The summed E-state index contributed by atoms with van der Waals surface area (Å²) in [6.45, 7) is 4.68. The highest BCUT2D eigenvalue weighted by Gasteiger charge is 2.13. The fraction of sp³-hybridized carbons (Fsp3) is 0.182. The van der Waals surface area contributed by atoms with Crippen molar-refractivity contribution in [3.63, 3.8) is 0 Å². The van der Waals surface area contributed by atoms with E-state index in [1.807, 2.05) is 44.2 Å². The van der Waals surface area contributed by atoms with Crippen LogP contribution in [0.25, 0.3) is 0 Å². The second kappa shape index (κ2) is 9.37. The fourth-order valence-corrected chi connectivity index (χ4v) is 3.12. The van der Waals surface area contributed by atoms with Crippen LogP contribution >= 0.6 is 15.9 Å². The van der Waals surface area contributed by atoms with Crippen molar-refractivity contribution in [3.8, 4) is 11.5 Å². The second-order valence-electron chi connectivity index (χ2n) is 6.16. The lowest BCUT2D eigenvalue weighted by Crippen LogP contribution is -2.13. The molecule has 0 spiro atoms. The predicted octanol–water partition coefficient (Wildman–Crippen LogP) is 5.38. The van der Waals surface area contributed by atoms with E-state index in [0.29, 0.717) is 30.3 Å². The third-order valence-corrected chi connectivity index (χ3v) is 4.55. The molecule has 2 aromatic carbocycles. The molecule has 0 atom stereocenters. The van der Waals surface area contributed by atoms with Crippen LogP contribution in [0.3, 0.4) is 0 Å². The maximum atomic E-state index is 12.7. The molecule has 1 amide bonds. The Morgan fingerprint density at radius 2 is 1.96 bits per heavy atom. The lowest BCUT2D eigenvalue weighted by Gasteiger charge is -2.14. The average Bonchev–Trinajstić information content (AvgIpc) is 2.70. The number of carbonyl (C=O) groups is 1. The van der Waals surface area contributed by atoms with Gasteiger partial charge in [-0.1, -0.05) is 22.0 Å². The highest BCUT2D eigenvalue weighted by atomic mass is 79.9. The highest BCUT2D eigenvalue weighted by molar-refractivity contribution is 9.10. The first-order valence-electron chi connectivity index (χ1n) is 8.93. The number of hydrogen-bond acceptors (Lipinski definition) is 4. The number of ether oxygens (including phenoxy) is 2. The van der Waals surface area contributed by atoms with Gasteiger partial charge in [-0.3, -0.25) is 9.78 Å². The number of nitrogens with one attached hydrogen (secondary N) is 1. The molecule has 5 nitrogen and oxygen atoms in total. The Hall–Kier alpha value is -2.86. The Labute approximate surface area is 172 Å². The Bertz CT molecular complexity index is 961. The molecule has 3 aromatic rings. The molecule has 0 bridgehead atoms. The Balaban J connectivity index is 1.76. The first-order valence-corrected chi connectivity index (χ1v) is 9.72. The third kappa shape index (κ3) is 5.10. The summed E-state index contributed by atoms with van der Waals surface area (Å²) in [5.41, 5.74) is 3.20. The summed E-state index contributed by atoms with van der Waals surface area (Å²) in [4.78, 5) is 16.7. The van der Waals surface area contributed by atoms with Crippen LogP contribution in [0.1, 0.15) is 28.4 Å². The zero-order valence-electron chi connectivity index (χ0n) is 15.7. The van der Waals surface area contributed by atoms with E-state index in [2.05, 4.69) is 26.2 Å². The van der Waals surface area contributed by atoms with Gasteiger partial charge >= 0.3 is 0 Å². The van der Waals surface area contributed by atoms with Crippen molar-refractivity contribution in [2.24, 2.45) is 0 Å². The predicted molar refractivity (Wildman–Crippen MR) is 113 cm³/mol. The molecule has 1 heterocycles. The topological polar surface area (TPSA) is 60.5 Å². The molecular weight excluding hydrogens is 420 g/mol. The van der Waals surface area contributed by atoms with Gasteiger partial charge in [0.15, 0.2) is 11.5 Å². The number of rotatable bonds is 7. The first-order chi connectivity index (χ1) is 13.6. The minimum absolute atomic E-state index is 0.204. The van der Waals surface area contributed by atoms with Gasteiger partial charge in [-0.15, -0.1) is 0 Å². The van der Waals surface area contributed by atoms with Crippen LogP contribution in [-0.4, -0.2) is 17.5 Å². The van der Waals surface area contributed by atoms with Crippen molar-refractivity contribution < 1.29 is 14.3 Å². The second-order valence-corrected chi connectivity index (χ2v) is 7.07. The van der Waals surface area contributed by atoms with E-state index in [-0.39, 0.29) is 5.91 Å². The molecule has 0 unspecified atom stereocenters. The molecule has 28 heavy (non-hydrogen) atoms. The minimum atomic E-state index is -0.204. The molecule has 0 fully saturated rings. The average molecular weight is 441 g/mol. The molecule has 0 aliphatic heterocycles. The largest absolute Gasteiger partial charge is 0.490 e. The van der Waals surface area contributed by atoms with Crippen LogP contribution < -0.4 is 14.8 Å². The van der Waals surface area contributed by atoms with Gasteiger partial charge in [0.1, 0.15) is 6.61 Å². The fourth-order valence-electron chi connectivity index (χ4n) is 2.64. The molecule has 3 rings (SSSR count). The molecule has 0 saturated heterocycles. The Morgan fingerprint density at radius 3 is 2.68 bits per heavy atom. The summed E-state index contributed by atoms with van der Waals surface area (Å²) in [6.07, 6.45) is 3.47. The number of nitrogens with zero attached hydrogens (tertiary/aromatic N) is 1. The zero-order chi connectivity index (χ0) is 19.9. The van der Waals surface area contributed by atoms with E-state index in [1.54, 1.807) is 30.6 Å². The van der Waals surface area contributed by atoms with Gasteiger partial charge < -0.3 is 14.8 Å².